The van der Waals surface area contributed by atoms with Gasteiger partial charge in [0.2, 0.25) is 0 Å². The molecule has 0 bridgehead atoms. The van der Waals surface area contributed by atoms with Gasteiger partial charge in [0, 0.05) is 16.6 Å². The Kier molecular flexibility index (Phi) is 2.23. The Morgan fingerprint density at radius 1 is 1.33 bits per heavy atom. The van der Waals surface area contributed by atoms with Crippen LogP contribution in [0.3, 0.4) is 0 Å². The molecule has 0 radical (unpaired) electrons. The number of hydrogen-bond donors (Lipinski definition) is 2. The maximum absolute atomic E-state index is 11.0. The number of aryl methyl sites for hydroxylation is 1. The van der Waals surface area contributed by atoms with Crippen LogP contribution in [-0.2, 0) is 0 Å². The fourth-order valence-corrected chi connectivity index (χ4v) is 2.15. The van der Waals surface area contributed by atoms with Gasteiger partial charge in [-0.1, -0.05) is 12.1 Å². The molecule has 4 heteroatoms. The number of aromatic nitrogens is 1. The molecule has 0 aliphatic heterocycles. The molecule has 0 amide bonds. The maximum Gasteiger partial charge on any atom is 0.352 e. The van der Waals surface area contributed by atoms with Crippen LogP contribution in [0.5, 0.6) is 0 Å². The van der Waals surface area contributed by atoms with E-state index in [1.54, 1.807) is 13.2 Å². The van der Waals surface area contributed by atoms with Gasteiger partial charge in [-0.05, 0) is 30.7 Å². The van der Waals surface area contributed by atoms with Crippen molar-refractivity contribution in [3.05, 3.63) is 47.9 Å². The Labute approximate surface area is 103 Å². The molecule has 0 spiro atoms. The second-order valence-corrected chi connectivity index (χ2v) is 4.18. The number of carboxylic acid groups (broad SMARTS) is 1. The summed E-state index contributed by atoms with van der Waals surface area (Å²) < 4.78 is 5.33. The molecule has 0 aliphatic carbocycles. The Hall–Kier alpha value is -2.49. The molecule has 0 unspecified atom stereocenters. The number of aromatic amines is 1. The molecule has 0 saturated heterocycles. The average molecular weight is 241 g/mol. The van der Waals surface area contributed by atoms with Gasteiger partial charge in [-0.2, -0.15) is 0 Å². The summed E-state index contributed by atoms with van der Waals surface area (Å²) in [6.07, 6.45) is 1.63. The van der Waals surface area contributed by atoms with Crippen LogP contribution in [0.25, 0.3) is 22.2 Å². The molecule has 1 aromatic carbocycles. The Bertz CT molecular complexity index is 736. The average Bonchev–Trinajstić information content (AvgIpc) is 2.94. The zero-order valence-electron chi connectivity index (χ0n) is 9.73. The van der Waals surface area contributed by atoms with Gasteiger partial charge in [-0.3, -0.25) is 0 Å². The van der Waals surface area contributed by atoms with Crippen molar-refractivity contribution in [1.82, 2.24) is 4.98 Å². The van der Waals surface area contributed by atoms with Crippen molar-refractivity contribution in [2.45, 2.75) is 6.92 Å². The van der Waals surface area contributed by atoms with Gasteiger partial charge in [-0.25, -0.2) is 4.79 Å². The van der Waals surface area contributed by atoms with E-state index < -0.39 is 5.97 Å². The van der Waals surface area contributed by atoms with E-state index in [0.717, 1.165) is 27.8 Å². The fraction of sp³-hybridized carbons (Fsp3) is 0.0714. The summed E-state index contributed by atoms with van der Waals surface area (Å²) in [5, 5.41) is 10.0. The van der Waals surface area contributed by atoms with Crippen molar-refractivity contribution in [2.75, 3.05) is 0 Å². The van der Waals surface area contributed by atoms with Crippen LogP contribution in [0.4, 0.5) is 0 Å². The predicted octanol–water partition coefficient (Wildman–Crippen LogP) is 3.43. The summed E-state index contributed by atoms with van der Waals surface area (Å²) >= 11 is 0. The first-order chi connectivity index (χ1) is 8.66. The SMILES string of the molecule is Cc1cc(-c2cccc3occc23)[nH]c1C(=O)O. The number of carbonyl (C=O) groups is 1. The molecule has 90 valence electrons. The Morgan fingerprint density at radius 3 is 2.89 bits per heavy atom. The molecular weight excluding hydrogens is 230 g/mol. The lowest BCUT2D eigenvalue weighted by molar-refractivity contribution is 0.0690. The van der Waals surface area contributed by atoms with Crippen molar-refractivity contribution in [2.24, 2.45) is 0 Å². The fourth-order valence-electron chi connectivity index (χ4n) is 2.15. The second kappa shape index (κ2) is 3.77. The van der Waals surface area contributed by atoms with Crippen molar-refractivity contribution in [1.29, 1.82) is 0 Å². The highest BCUT2D eigenvalue weighted by molar-refractivity contribution is 5.95. The minimum Gasteiger partial charge on any atom is -0.477 e. The molecule has 3 aromatic rings. The van der Waals surface area contributed by atoms with Crippen LogP contribution in [0.15, 0.2) is 41.0 Å². The normalized spacial score (nSPS) is 10.9. The van der Waals surface area contributed by atoms with Crippen LogP contribution in [0.1, 0.15) is 16.1 Å². The Balaban J connectivity index is 2.23. The first-order valence-electron chi connectivity index (χ1n) is 5.56. The van der Waals surface area contributed by atoms with Gasteiger partial charge in [-0.15, -0.1) is 0 Å². The minimum atomic E-state index is -0.946. The highest BCUT2D eigenvalue weighted by atomic mass is 16.4. The Morgan fingerprint density at radius 2 is 2.17 bits per heavy atom. The molecule has 0 aliphatic rings. The van der Waals surface area contributed by atoms with Crippen molar-refractivity contribution < 1.29 is 14.3 Å². The summed E-state index contributed by atoms with van der Waals surface area (Å²) in [6.45, 7) is 1.78. The third-order valence-corrected chi connectivity index (χ3v) is 3.01. The van der Waals surface area contributed by atoms with Crippen molar-refractivity contribution >= 4 is 16.9 Å². The first-order valence-corrected chi connectivity index (χ1v) is 5.56. The monoisotopic (exact) mass is 241 g/mol. The number of benzene rings is 1. The number of fused-ring (bicyclic) bond motifs is 1. The molecule has 0 fully saturated rings. The second-order valence-electron chi connectivity index (χ2n) is 4.18. The maximum atomic E-state index is 11.0. The molecule has 2 heterocycles. The van der Waals surface area contributed by atoms with Crippen LogP contribution in [0.2, 0.25) is 0 Å². The van der Waals surface area contributed by atoms with E-state index >= 15 is 0 Å². The third kappa shape index (κ3) is 1.50. The van der Waals surface area contributed by atoms with E-state index in [4.69, 9.17) is 9.52 Å². The summed E-state index contributed by atoms with van der Waals surface area (Å²) in [7, 11) is 0. The smallest absolute Gasteiger partial charge is 0.352 e. The topological polar surface area (TPSA) is 66.2 Å². The van der Waals surface area contributed by atoms with E-state index in [-0.39, 0.29) is 5.69 Å². The first kappa shape index (κ1) is 10.7. The summed E-state index contributed by atoms with van der Waals surface area (Å²) in [6, 6.07) is 9.42. The number of rotatable bonds is 2. The zero-order chi connectivity index (χ0) is 12.7. The third-order valence-electron chi connectivity index (χ3n) is 3.01. The largest absolute Gasteiger partial charge is 0.477 e. The molecular formula is C14H11NO3. The van der Waals surface area contributed by atoms with Crippen LogP contribution < -0.4 is 0 Å². The summed E-state index contributed by atoms with van der Waals surface area (Å²) in [5.74, 6) is -0.946. The van der Waals surface area contributed by atoms with E-state index in [1.165, 1.54) is 0 Å². The molecule has 4 nitrogen and oxygen atoms in total. The molecule has 0 atom stereocenters. The lowest BCUT2D eigenvalue weighted by atomic mass is 10.1. The molecule has 2 N–H and O–H groups in total. The lowest BCUT2D eigenvalue weighted by Gasteiger charge is -1.99. The van der Waals surface area contributed by atoms with Gasteiger partial charge >= 0.3 is 5.97 Å². The summed E-state index contributed by atoms with van der Waals surface area (Å²) in [5.41, 5.74) is 3.47. The molecule has 0 saturated carbocycles. The van der Waals surface area contributed by atoms with E-state index in [2.05, 4.69) is 4.98 Å². The molecule has 18 heavy (non-hydrogen) atoms. The van der Waals surface area contributed by atoms with Gasteiger partial charge in [0.05, 0.1) is 6.26 Å². The van der Waals surface area contributed by atoms with E-state index in [9.17, 15) is 4.79 Å². The van der Waals surface area contributed by atoms with E-state index in [1.807, 2.05) is 30.3 Å². The van der Waals surface area contributed by atoms with Gasteiger partial charge in [0.25, 0.3) is 0 Å². The molecule has 3 rings (SSSR count). The lowest BCUT2D eigenvalue weighted by Crippen LogP contribution is -1.98. The number of carboxylic acids is 1. The van der Waals surface area contributed by atoms with Gasteiger partial charge in [0.15, 0.2) is 0 Å². The minimum absolute atomic E-state index is 0.227. The quantitative estimate of drug-likeness (QED) is 0.722. The van der Waals surface area contributed by atoms with Crippen LogP contribution >= 0.6 is 0 Å². The van der Waals surface area contributed by atoms with Crippen LogP contribution in [0, 0.1) is 6.92 Å². The number of H-pyrrole nitrogens is 1. The zero-order valence-corrected chi connectivity index (χ0v) is 9.73. The number of nitrogens with one attached hydrogen (secondary N) is 1. The highest BCUT2D eigenvalue weighted by Gasteiger charge is 2.14. The number of hydrogen-bond acceptors (Lipinski definition) is 2. The van der Waals surface area contributed by atoms with E-state index in [0.29, 0.717) is 0 Å². The van der Waals surface area contributed by atoms with Crippen LogP contribution in [-0.4, -0.2) is 16.1 Å². The van der Waals surface area contributed by atoms with Crippen molar-refractivity contribution in [3.8, 4) is 11.3 Å². The summed E-state index contributed by atoms with van der Waals surface area (Å²) in [4.78, 5) is 14.0. The van der Waals surface area contributed by atoms with Gasteiger partial charge < -0.3 is 14.5 Å². The number of furan rings is 1. The predicted molar refractivity (Wildman–Crippen MR) is 67.7 cm³/mol. The molecule has 2 aromatic heterocycles. The van der Waals surface area contributed by atoms with Crippen molar-refractivity contribution in [3.63, 3.8) is 0 Å². The number of aromatic carboxylic acids is 1. The standard InChI is InChI=1S/C14H11NO3/c1-8-7-11(15-13(8)14(16)17)9-3-2-4-12-10(9)5-6-18-12/h2-7,15H,1H3,(H,16,17). The van der Waals surface area contributed by atoms with Gasteiger partial charge in [0.1, 0.15) is 11.3 Å². The highest BCUT2D eigenvalue weighted by Crippen LogP contribution is 2.29.